The number of methoxy groups -OCH3 is 1. The summed E-state index contributed by atoms with van der Waals surface area (Å²) in [7, 11) is 1.67. The van der Waals surface area contributed by atoms with E-state index >= 15 is 0 Å². The Labute approximate surface area is 126 Å². The predicted molar refractivity (Wildman–Crippen MR) is 81.1 cm³/mol. The Balaban J connectivity index is 2.14. The van der Waals surface area contributed by atoms with E-state index in [1.807, 2.05) is 30.3 Å². The Morgan fingerprint density at radius 2 is 2.25 bits per heavy atom. The zero-order valence-corrected chi connectivity index (χ0v) is 12.6. The highest BCUT2D eigenvalue weighted by molar-refractivity contribution is 9.10. The van der Waals surface area contributed by atoms with Gasteiger partial charge in [-0.25, -0.2) is 4.98 Å². The number of pyridine rings is 1. The molecule has 1 heterocycles. The Morgan fingerprint density at radius 1 is 1.40 bits per heavy atom. The molecule has 0 spiro atoms. The molecule has 0 amide bonds. The van der Waals surface area contributed by atoms with Crippen molar-refractivity contribution in [1.82, 2.24) is 4.98 Å². The van der Waals surface area contributed by atoms with Crippen LogP contribution in [0.15, 0.2) is 41.0 Å². The number of hydrogen-bond acceptors (Lipinski definition) is 4. The molecule has 0 saturated carbocycles. The number of nitrogens with zero attached hydrogens (tertiary/aromatic N) is 2. The number of benzene rings is 1. The molecule has 20 heavy (non-hydrogen) atoms. The van der Waals surface area contributed by atoms with Crippen LogP contribution in [0.5, 0.6) is 0 Å². The van der Waals surface area contributed by atoms with Crippen molar-refractivity contribution in [3.05, 3.63) is 57.8 Å². The van der Waals surface area contributed by atoms with E-state index in [0.717, 1.165) is 21.3 Å². The maximum Gasteiger partial charge on any atom is 0.140 e. The number of anilines is 1. The van der Waals surface area contributed by atoms with Gasteiger partial charge in [-0.2, -0.15) is 5.26 Å². The van der Waals surface area contributed by atoms with Crippen LogP contribution in [0.3, 0.4) is 0 Å². The van der Waals surface area contributed by atoms with Gasteiger partial charge in [0.15, 0.2) is 0 Å². The first kappa shape index (κ1) is 14.5. The van der Waals surface area contributed by atoms with Gasteiger partial charge in [-0.3, -0.25) is 0 Å². The second-order valence-corrected chi connectivity index (χ2v) is 5.07. The number of rotatable bonds is 5. The molecule has 0 aliphatic carbocycles. The first-order chi connectivity index (χ1) is 9.74. The maximum absolute atomic E-state index is 8.84. The van der Waals surface area contributed by atoms with Gasteiger partial charge in [0.1, 0.15) is 11.8 Å². The lowest BCUT2D eigenvalue weighted by Gasteiger charge is -2.13. The molecule has 102 valence electrons. The smallest absolute Gasteiger partial charge is 0.140 e. The second kappa shape index (κ2) is 7.04. The lowest BCUT2D eigenvalue weighted by molar-refractivity contribution is 0.185. The number of hydrogen-bond donors (Lipinski definition) is 1. The zero-order chi connectivity index (χ0) is 14.4. The van der Waals surface area contributed by atoms with Crippen LogP contribution in [0, 0.1) is 11.3 Å². The fraction of sp³-hybridized carbons (Fsp3) is 0.200. The first-order valence-electron chi connectivity index (χ1n) is 6.10. The van der Waals surface area contributed by atoms with Crippen LogP contribution in [0.2, 0.25) is 0 Å². The highest BCUT2D eigenvalue weighted by Gasteiger charge is 2.06. The number of ether oxygens (including phenoxy) is 1. The van der Waals surface area contributed by atoms with Crippen LogP contribution in [0.25, 0.3) is 0 Å². The largest absolute Gasteiger partial charge is 0.381 e. The van der Waals surface area contributed by atoms with E-state index in [9.17, 15) is 0 Å². The van der Waals surface area contributed by atoms with Crippen LogP contribution in [0.1, 0.15) is 16.8 Å². The summed E-state index contributed by atoms with van der Waals surface area (Å²) in [4.78, 5) is 3.96. The molecule has 1 aromatic carbocycles. The summed E-state index contributed by atoms with van der Waals surface area (Å²) in [6.45, 7) is 1.16. The van der Waals surface area contributed by atoms with Gasteiger partial charge in [0.2, 0.25) is 0 Å². The van der Waals surface area contributed by atoms with E-state index in [-0.39, 0.29) is 0 Å². The van der Waals surface area contributed by atoms with Crippen LogP contribution in [-0.2, 0) is 17.9 Å². The minimum atomic E-state index is 0.427. The summed E-state index contributed by atoms with van der Waals surface area (Å²) in [5.41, 5.74) is 3.52. The van der Waals surface area contributed by atoms with Crippen molar-refractivity contribution in [3.8, 4) is 6.07 Å². The third-order valence-corrected chi connectivity index (χ3v) is 3.57. The topological polar surface area (TPSA) is 57.9 Å². The molecule has 1 N–H and O–H groups in total. The van der Waals surface area contributed by atoms with Gasteiger partial charge in [-0.15, -0.1) is 0 Å². The van der Waals surface area contributed by atoms with Crippen molar-refractivity contribution in [2.75, 3.05) is 12.4 Å². The summed E-state index contributed by atoms with van der Waals surface area (Å²) in [5.74, 6) is 0. The molecule has 2 aromatic rings. The number of aromatic nitrogens is 1. The monoisotopic (exact) mass is 331 g/mol. The van der Waals surface area contributed by atoms with Gasteiger partial charge in [0, 0.05) is 35.6 Å². The maximum atomic E-state index is 8.84. The molecule has 0 fully saturated rings. The van der Waals surface area contributed by atoms with Crippen LogP contribution in [0.4, 0.5) is 5.69 Å². The van der Waals surface area contributed by atoms with Crippen LogP contribution >= 0.6 is 15.9 Å². The molecule has 0 saturated heterocycles. The second-order valence-electron chi connectivity index (χ2n) is 4.21. The third kappa shape index (κ3) is 3.56. The molecule has 0 aliphatic rings. The fourth-order valence-electron chi connectivity index (χ4n) is 1.86. The van der Waals surface area contributed by atoms with Crippen molar-refractivity contribution < 1.29 is 4.74 Å². The van der Waals surface area contributed by atoms with Crippen LogP contribution < -0.4 is 5.32 Å². The average Bonchev–Trinajstić information content (AvgIpc) is 2.48. The summed E-state index contributed by atoms with van der Waals surface area (Å²) in [5, 5.41) is 12.2. The number of nitrogens with one attached hydrogen (secondary N) is 1. The van der Waals surface area contributed by atoms with Crippen molar-refractivity contribution in [2.24, 2.45) is 0 Å². The van der Waals surface area contributed by atoms with Crippen LogP contribution in [-0.4, -0.2) is 12.1 Å². The molecular formula is C15H14BrN3O. The third-order valence-electron chi connectivity index (χ3n) is 2.83. The van der Waals surface area contributed by atoms with E-state index in [1.165, 1.54) is 0 Å². The SMILES string of the molecule is COCc1c(Br)cccc1NCc1ccnc(C#N)c1. The lowest BCUT2D eigenvalue weighted by Crippen LogP contribution is -2.04. The highest BCUT2D eigenvalue weighted by atomic mass is 79.9. The van der Waals surface area contributed by atoms with E-state index in [1.54, 1.807) is 19.4 Å². The average molecular weight is 332 g/mol. The Morgan fingerprint density at radius 3 is 3.00 bits per heavy atom. The van der Waals surface area contributed by atoms with Gasteiger partial charge < -0.3 is 10.1 Å². The standard InChI is InChI=1S/C15H14BrN3O/c1-20-10-13-14(16)3-2-4-15(13)19-9-11-5-6-18-12(7-11)8-17/h2-7,19H,9-10H2,1H3. The summed E-state index contributed by atoms with van der Waals surface area (Å²) >= 11 is 3.52. The minimum absolute atomic E-state index is 0.427. The molecule has 4 nitrogen and oxygen atoms in total. The molecule has 0 radical (unpaired) electrons. The molecule has 2 rings (SSSR count). The molecule has 0 unspecified atom stereocenters. The van der Waals surface area contributed by atoms with Crippen molar-refractivity contribution in [2.45, 2.75) is 13.2 Å². The van der Waals surface area contributed by atoms with Gasteiger partial charge in [-0.1, -0.05) is 22.0 Å². The zero-order valence-electron chi connectivity index (χ0n) is 11.1. The normalized spacial score (nSPS) is 10.1. The molecule has 5 heteroatoms. The van der Waals surface area contributed by atoms with E-state index < -0.39 is 0 Å². The molecule has 0 aliphatic heterocycles. The van der Waals surface area contributed by atoms with Gasteiger partial charge in [0.25, 0.3) is 0 Å². The molecule has 0 atom stereocenters. The molecular weight excluding hydrogens is 318 g/mol. The Hall–Kier alpha value is -1.90. The fourth-order valence-corrected chi connectivity index (χ4v) is 2.34. The number of halogens is 1. The van der Waals surface area contributed by atoms with Gasteiger partial charge in [-0.05, 0) is 29.8 Å². The molecule has 0 bridgehead atoms. The Kier molecular flexibility index (Phi) is 5.10. The van der Waals surface area contributed by atoms with Crippen molar-refractivity contribution in [1.29, 1.82) is 5.26 Å². The summed E-state index contributed by atoms with van der Waals surface area (Å²) < 4.78 is 6.23. The first-order valence-corrected chi connectivity index (χ1v) is 6.89. The minimum Gasteiger partial charge on any atom is -0.381 e. The van der Waals surface area contributed by atoms with E-state index in [4.69, 9.17) is 10.00 Å². The summed E-state index contributed by atoms with van der Waals surface area (Å²) in [6, 6.07) is 11.7. The quantitative estimate of drug-likeness (QED) is 0.911. The Bertz CT molecular complexity index is 637. The van der Waals surface area contributed by atoms with Crippen molar-refractivity contribution >= 4 is 21.6 Å². The predicted octanol–water partition coefficient (Wildman–Crippen LogP) is 3.47. The lowest BCUT2D eigenvalue weighted by atomic mass is 10.1. The number of nitriles is 1. The van der Waals surface area contributed by atoms with Gasteiger partial charge in [0.05, 0.1) is 6.61 Å². The summed E-state index contributed by atoms with van der Waals surface area (Å²) in [6.07, 6.45) is 1.65. The van der Waals surface area contributed by atoms with Gasteiger partial charge >= 0.3 is 0 Å². The highest BCUT2D eigenvalue weighted by Crippen LogP contribution is 2.26. The van der Waals surface area contributed by atoms with E-state index in [0.29, 0.717) is 18.8 Å². The van der Waals surface area contributed by atoms with E-state index in [2.05, 4.69) is 26.2 Å². The van der Waals surface area contributed by atoms with Crippen molar-refractivity contribution in [3.63, 3.8) is 0 Å². The molecule has 1 aromatic heterocycles.